The molecule has 1 fully saturated rings. The molecule has 9 nitrogen and oxygen atoms in total. The molecule has 3 amide bonds. The molecule has 4 aromatic rings. The molecule has 1 N–H and O–H groups in total. The van der Waals surface area contributed by atoms with Gasteiger partial charge in [0.25, 0.3) is 0 Å². The number of nitrogens with one attached hydrogen (secondary N) is 1. The summed E-state index contributed by atoms with van der Waals surface area (Å²) in [6.07, 6.45) is -2.75. The summed E-state index contributed by atoms with van der Waals surface area (Å²) in [6, 6.07) is 18.0. The Bertz CT molecular complexity index is 1720. The first-order chi connectivity index (χ1) is 21.4. The van der Waals surface area contributed by atoms with E-state index in [0.29, 0.717) is 23.1 Å². The lowest BCUT2D eigenvalue weighted by Gasteiger charge is -2.24. The highest BCUT2D eigenvalue weighted by molar-refractivity contribution is 8.15. The fraction of sp³-hybridized carbons (Fsp3) is 0.281. The fourth-order valence-electron chi connectivity index (χ4n) is 4.96. The van der Waals surface area contributed by atoms with Gasteiger partial charge in [-0.15, -0.1) is 18.3 Å². The molecule has 1 atom stereocenters. The Morgan fingerprint density at radius 1 is 1.07 bits per heavy atom. The number of rotatable bonds is 8. The monoisotopic (exact) mass is 636 g/mol. The Morgan fingerprint density at radius 2 is 1.78 bits per heavy atom. The number of aliphatic imine (C=N–C) groups is 1. The Labute approximate surface area is 262 Å². The number of hydrogen-bond acceptors (Lipinski definition) is 6. The Kier molecular flexibility index (Phi) is 9.28. The van der Waals surface area contributed by atoms with E-state index in [1.54, 1.807) is 4.90 Å². The van der Waals surface area contributed by atoms with Gasteiger partial charge in [-0.25, -0.2) is 14.5 Å². The molecule has 3 aromatic carbocycles. The van der Waals surface area contributed by atoms with Crippen LogP contribution in [0.1, 0.15) is 43.4 Å². The first-order valence-corrected chi connectivity index (χ1v) is 15.2. The molecule has 1 unspecified atom stereocenters. The van der Waals surface area contributed by atoms with Crippen molar-refractivity contribution in [3.63, 3.8) is 0 Å². The number of aryl methyl sites for hydroxylation is 1. The zero-order valence-corrected chi connectivity index (χ0v) is 25.8. The zero-order valence-electron chi connectivity index (χ0n) is 25.0. The quantitative estimate of drug-likeness (QED) is 0.223. The highest BCUT2D eigenvalue weighted by Crippen LogP contribution is 2.36. The average molecular weight is 637 g/mol. The number of amidine groups is 1. The minimum atomic E-state index is -4.76. The third-order valence-electron chi connectivity index (χ3n) is 7.03. The summed E-state index contributed by atoms with van der Waals surface area (Å²) in [6.45, 7) is 7.96. The predicted octanol–water partition coefficient (Wildman–Crippen LogP) is 7.04. The summed E-state index contributed by atoms with van der Waals surface area (Å²) in [5.74, 6) is 0.419. The van der Waals surface area contributed by atoms with E-state index < -0.39 is 12.4 Å². The van der Waals surface area contributed by atoms with Crippen molar-refractivity contribution < 1.29 is 27.5 Å². The van der Waals surface area contributed by atoms with Crippen LogP contribution in [0, 0.1) is 6.92 Å². The van der Waals surface area contributed by atoms with Crippen LogP contribution < -0.4 is 15.0 Å². The number of carbonyl (C=O) groups is 2. The molecule has 5 rings (SSSR count). The maximum Gasteiger partial charge on any atom is 0.573 e. The maximum atomic E-state index is 12.9. The number of benzene rings is 3. The normalized spacial score (nSPS) is 15.2. The number of aromatic nitrogens is 3. The van der Waals surface area contributed by atoms with Gasteiger partial charge in [-0.2, -0.15) is 4.99 Å². The number of alkyl halides is 3. The van der Waals surface area contributed by atoms with E-state index >= 15 is 0 Å². The van der Waals surface area contributed by atoms with E-state index in [-0.39, 0.29) is 29.4 Å². The standard InChI is InChI=1S/C32H31F3N6O3S/c1-19(2)26-7-5-6-20(3)28(26)41-27(42)17-45-31(41)38-30(43)37-21(4)16-22-8-10-23(11-9-22)29-36-18-40(39-29)24-12-14-25(15-13-24)44-32(33,34)35/h5-15,18-19,21H,16-17H2,1-4H3,(H,37,43)/b38-31-. The molecule has 0 bridgehead atoms. The van der Waals surface area contributed by atoms with E-state index in [1.807, 2.05) is 56.3 Å². The van der Waals surface area contributed by atoms with Crippen LogP contribution >= 0.6 is 11.8 Å². The Balaban J connectivity index is 1.21. The van der Waals surface area contributed by atoms with Gasteiger partial charge < -0.3 is 10.1 Å². The highest BCUT2D eigenvalue weighted by Gasteiger charge is 2.33. The van der Waals surface area contributed by atoms with Crippen LogP contribution in [0.5, 0.6) is 5.75 Å². The van der Waals surface area contributed by atoms with Gasteiger partial charge in [0.05, 0.1) is 17.1 Å². The predicted molar refractivity (Wildman–Crippen MR) is 168 cm³/mol. The largest absolute Gasteiger partial charge is 0.573 e. The van der Waals surface area contributed by atoms with Gasteiger partial charge in [-0.05, 0) is 67.1 Å². The van der Waals surface area contributed by atoms with Crippen LogP contribution in [0.15, 0.2) is 78.0 Å². The van der Waals surface area contributed by atoms with Crippen molar-refractivity contribution in [3.05, 3.63) is 89.7 Å². The van der Waals surface area contributed by atoms with Crippen LogP contribution in [0.4, 0.5) is 23.7 Å². The second-order valence-corrected chi connectivity index (χ2v) is 11.8. The van der Waals surface area contributed by atoms with E-state index in [2.05, 4.69) is 39.0 Å². The molecule has 1 aliphatic heterocycles. The first kappa shape index (κ1) is 31.8. The molecule has 13 heteroatoms. The Hall–Kier alpha value is -4.65. The van der Waals surface area contributed by atoms with Gasteiger partial charge in [0.1, 0.15) is 12.1 Å². The van der Waals surface area contributed by atoms with E-state index in [0.717, 1.165) is 27.9 Å². The van der Waals surface area contributed by atoms with Gasteiger partial charge >= 0.3 is 12.4 Å². The zero-order chi connectivity index (χ0) is 32.3. The second kappa shape index (κ2) is 13.1. The number of halogens is 3. The lowest BCUT2D eigenvalue weighted by Crippen LogP contribution is -2.35. The van der Waals surface area contributed by atoms with Crippen LogP contribution in [0.2, 0.25) is 0 Å². The first-order valence-electron chi connectivity index (χ1n) is 14.2. The van der Waals surface area contributed by atoms with Gasteiger partial charge in [0, 0.05) is 11.6 Å². The number of ether oxygens (including phenoxy) is 1. The topological polar surface area (TPSA) is 102 Å². The van der Waals surface area contributed by atoms with E-state index in [9.17, 15) is 22.8 Å². The van der Waals surface area contributed by atoms with E-state index in [1.165, 1.54) is 47.0 Å². The SMILES string of the molecule is Cc1cccc(C(C)C)c1N1C(=O)CS/C1=N\C(=O)NC(C)Cc1ccc(-c2ncn(-c3ccc(OC(F)(F)F)cc3)n2)cc1. The number of anilines is 1. The molecule has 2 heterocycles. The lowest BCUT2D eigenvalue weighted by molar-refractivity contribution is -0.274. The number of carbonyl (C=O) groups excluding carboxylic acids is 2. The minimum absolute atomic E-state index is 0.108. The molecular weight excluding hydrogens is 605 g/mol. The van der Waals surface area contributed by atoms with Crippen LogP contribution in [-0.2, 0) is 11.2 Å². The number of amides is 3. The highest BCUT2D eigenvalue weighted by atomic mass is 32.2. The van der Waals surface area contributed by atoms with Crippen LogP contribution in [0.25, 0.3) is 17.1 Å². The summed E-state index contributed by atoms with van der Waals surface area (Å²) in [4.78, 5) is 35.9. The van der Waals surface area contributed by atoms with Crippen molar-refractivity contribution in [2.75, 3.05) is 10.7 Å². The molecule has 45 heavy (non-hydrogen) atoms. The molecule has 1 saturated heterocycles. The molecule has 234 valence electrons. The molecule has 1 aromatic heterocycles. The molecule has 0 aliphatic carbocycles. The summed E-state index contributed by atoms with van der Waals surface area (Å²) < 4.78 is 42.6. The fourth-order valence-corrected chi connectivity index (χ4v) is 5.81. The van der Waals surface area contributed by atoms with Crippen LogP contribution in [-0.4, -0.2) is 50.0 Å². The van der Waals surface area contributed by atoms with Gasteiger partial charge in [-0.3, -0.25) is 9.69 Å². The number of urea groups is 1. The summed E-state index contributed by atoms with van der Waals surface area (Å²) in [5.41, 5.74) is 4.99. The van der Waals surface area contributed by atoms with Crippen molar-refractivity contribution in [3.8, 4) is 22.8 Å². The minimum Gasteiger partial charge on any atom is -0.406 e. The van der Waals surface area contributed by atoms with Crippen molar-refractivity contribution >= 4 is 34.6 Å². The summed E-state index contributed by atoms with van der Waals surface area (Å²) >= 11 is 1.25. The van der Waals surface area contributed by atoms with Crippen molar-refractivity contribution in [1.29, 1.82) is 0 Å². The molecule has 0 spiro atoms. The van der Waals surface area contributed by atoms with Crippen LogP contribution in [0.3, 0.4) is 0 Å². The molecule has 0 saturated carbocycles. The summed E-state index contributed by atoms with van der Waals surface area (Å²) in [7, 11) is 0. The number of nitrogens with zero attached hydrogens (tertiary/aromatic N) is 5. The van der Waals surface area contributed by atoms with Crippen molar-refractivity contribution in [1.82, 2.24) is 20.1 Å². The third kappa shape index (κ3) is 7.72. The maximum absolute atomic E-state index is 12.9. The molecule has 1 aliphatic rings. The lowest BCUT2D eigenvalue weighted by atomic mass is 9.97. The van der Waals surface area contributed by atoms with E-state index in [4.69, 9.17) is 0 Å². The third-order valence-corrected chi connectivity index (χ3v) is 7.95. The Morgan fingerprint density at radius 3 is 2.44 bits per heavy atom. The summed E-state index contributed by atoms with van der Waals surface area (Å²) in [5, 5.41) is 7.69. The number of thioether (sulfide) groups is 1. The van der Waals surface area contributed by atoms with Gasteiger partial charge in [0.15, 0.2) is 11.0 Å². The van der Waals surface area contributed by atoms with Gasteiger partial charge in [0.2, 0.25) is 5.91 Å². The number of para-hydroxylation sites is 1. The average Bonchev–Trinajstić information content (AvgIpc) is 3.60. The number of hydrogen-bond donors (Lipinski definition) is 1. The molecule has 0 radical (unpaired) electrons. The second-order valence-electron chi connectivity index (χ2n) is 10.9. The van der Waals surface area contributed by atoms with Crippen molar-refractivity contribution in [2.24, 2.45) is 4.99 Å². The molecular formula is C32H31F3N6O3S. The van der Waals surface area contributed by atoms with Crippen molar-refractivity contribution in [2.45, 2.75) is 52.4 Å². The smallest absolute Gasteiger partial charge is 0.406 e. The van der Waals surface area contributed by atoms with Gasteiger partial charge in [-0.1, -0.05) is 68.1 Å².